The maximum absolute atomic E-state index is 13.1. The zero-order valence-corrected chi connectivity index (χ0v) is 16.3. The summed E-state index contributed by atoms with van der Waals surface area (Å²) >= 11 is 0. The molecule has 2 rings (SSSR count). The zero-order chi connectivity index (χ0) is 20.4. The summed E-state index contributed by atoms with van der Waals surface area (Å²) in [6.45, 7) is 3.18. The lowest BCUT2D eigenvalue weighted by molar-refractivity contribution is -0.117. The lowest BCUT2D eigenvalue weighted by Gasteiger charge is -2.23. The first-order valence-corrected chi connectivity index (χ1v) is 8.88. The number of amides is 2. The van der Waals surface area contributed by atoms with Gasteiger partial charge in [-0.3, -0.25) is 9.59 Å². The van der Waals surface area contributed by atoms with Gasteiger partial charge >= 0.3 is 0 Å². The minimum absolute atomic E-state index is 0.146. The summed E-state index contributed by atoms with van der Waals surface area (Å²) < 4.78 is 20.5. The molecule has 0 radical (unpaired) electrons. The van der Waals surface area contributed by atoms with Crippen LogP contribution in [0.3, 0.4) is 0 Å². The highest BCUT2D eigenvalue weighted by Gasteiger charge is 2.22. The van der Waals surface area contributed by atoms with Crippen LogP contribution in [-0.4, -0.2) is 62.4 Å². The van der Waals surface area contributed by atoms with E-state index in [9.17, 15) is 9.59 Å². The van der Waals surface area contributed by atoms with E-state index in [2.05, 4.69) is 10.5 Å². The second kappa shape index (κ2) is 10.9. The molecule has 0 aliphatic carbocycles. The van der Waals surface area contributed by atoms with Gasteiger partial charge in [-0.2, -0.15) is 0 Å². The summed E-state index contributed by atoms with van der Waals surface area (Å²) in [5.41, 5.74) is 0.342. The molecule has 0 spiro atoms. The topological polar surface area (TPSA) is 103 Å². The second-order valence-corrected chi connectivity index (χ2v) is 5.78. The molecule has 1 N–H and O–H groups in total. The lowest BCUT2D eigenvalue weighted by Crippen LogP contribution is -2.39. The molecule has 2 aromatic rings. The molecule has 0 saturated carbocycles. The Hall–Kier alpha value is -3.07. The Kier molecular flexibility index (Phi) is 8.29. The minimum Gasteiger partial charge on any atom is -0.497 e. The standard InChI is InChI=1S/C19H25N3O6/c1-4-27-10-5-9-22(13-18(23)20-17-8-11-28-21-17)19(24)15-7-6-14(25-2)12-16(15)26-3/h6-8,11-12H,4-5,9-10,13H2,1-3H3,(H,20,21,23). The van der Waals surface area contributed by atoms with Crippen LogP contribution in [0.1, 0.15) is 23.7 Å². The average molecular weight is 391 g/mol. The van der Waals surface area contributed by atoms with E-state index in [0.29, 0.717) is 43.2 Å². The van der Waals surface area contributed by atoms with E-state index in [-0.39, 0.29) is 24.2 Å². The number of nitrogens with zero attached hydrogens (tertiary/aromatic N) is 2. The molecule has 0 atom stereocenters. The van der Waals surface area contributed by atoms with Gasteiger partial charge < -0.3 is 29.0 Å². The first-order chi connectivity index (χ1) is 13.6. The summed E-state index contributed by atoms with van der Waals surface area (Å²) in [6.07, 6.45) is 1.94. The van der Waals surface area contributed by atoms with Crippen LogP contribution in [0.25, 0.3) is 0 Å². The molecule has 1 aromatic heterocycles. The molecule has 1 heterocycles. The van der Waals surface area contributed by atoms with Crippen molar-refractivity contribution in [1.29, 1.82) is 0 Å². The van der Waals surface area contributed by atoms with Crippen LogP contribution >= 0.6 is 0 Å². The van der Waals surface area contributed by atoms with Gasteiger partial charge in [0.25, 0.3) is 5.91 Å². The summed E-state index contributed by atoms with van der Waals surface area (Å²) in [6, 6.07) is 6.43. The third-order valence-electron chi connectivity index (χ3n) is 3.89. The Morgan fingerprint density at radius 1 is 1.21 bits per heavy atom. The maximum Gasteiger partial charge on any atom is 0.258 e. The van der Waals surface area contributed by atoms with Crippen LogP contribution in [0, 0.1) is 0 Å². The first-order valence-electron chi connectivity index (χ1n) is 8.88. The number of rotatable bonds is 11. The third kappa shape index (κ3) is 5.98. The molecular weight excluding hydrogens is 366 g/mol. The highest BCUT2D eigenvalue weighted by molar-refractivity contribution is 6.00. The number of nitrogens with one attached hydrogen (secondary N) is 1. The van der Waals surface area contributed by atoms with Gasteiger partial charge in [0, 0.05) is 31.9 Å². The number of methoxy groups -OCH3 is 2. The van der Waals surface area contributed by atoms with Gasteiger partial charge in [-0.1, -0.05) is 5.16 Å². The molecule has 0 saturated heterocycles. The number of hydrogen-bond donors (Lipinski definition) is 1. The fourth-order valence-electron chi connectivity index (χ4n) is 2.53. The number of ether oxygens (including phenoxy) is 3. The highest BCUT2D eigenvalue weighted by Crippen LogP contribution is 2.26. The zero-order valence-electron chi connectivity index (χ0n) is 16.3. The van der Waals surface area contributed by atoms with Crippen LogP contribution in [-0.2, 0) is 9.53 Å². The third-order valence-corrected chi connectivity index (χ3v) is 3.89. The van der Waals surface area contributed by atoms with Gasteiger partial charge in [0.05, 0.1) is 19.8 Å². The first kappa shape index (κ1) is 21.2. The lowest BCUT2D eigenvalue weighted by atomic mass is 10.1. The molecular formula is C19H25N3O6. The number of hydrogen-bond acceptors (Lipinski definition) is 7. The van der Waals surface area contributed by atoms with E-state index >= 15 is 0 Å². The summed E-state index contributed by atoms with van der Waals surface area (Å²) in [4.78, 5) is 26.9. The predicted molar refractivity (Wildman–Crippen MR) is 102 cm³/mol. The average Bonchev–Trinajstić information content (AvgIpc) is 3.22. The van der Waals surface area contributed by atoms with Crippen molar-refractivity contribution in [2.45, 2.75) is 13.3 Å². The molecule has 28 heavy (non-hydrogen) atoms. The van der Waals surface area contributed by atoms with Crippen LogP contribution in [0.4, 0.5) is 5.82 Å². The van der Waals surface area contributed by atoms with Gasteiger partial charge in [0.1, 0.15) is 24.3 Å². The van der Waals surface area contributed by atoms with Crippen molar-refractivity contribution >= 4 is 17.6 Å². The summed E-state index contributed by atoms with van der Waals surface area (Å²) in [5, 5.41) is 6.22. The molecule has 0 aliphatic heterocycles. The molecule has 1 aromatic carbocycles. The second-order valence-electron chi connectivity index (χ2n) is 5.78. The largest absolute Gasteiger partial charge is 0.497 e. The van der Waals surface area contributed by atoms with E-state index in [1.165, 1.54) is 31.4 Å². The smallest absolute Gasteiger partial charge is 0.258 e. The van der Waals surface area contributed by atoms with Crippen LogP contribution in [0.15, 0.2) is 35.1 Å². The number of carbonyl (C=O) groups excluding carboxylic acids is 2. The van der Waals surface area contributed by atoms with Crippen molar-refractivity contribution in [1.82, 2.24) is 10.1 Å². The molecule has 0 fully saturated rings. The van der Waals surface area contributed by atoms with Gasteiger partial charge in [-0.15, -0.1) is 0 Å². The van der Waals surface area contributed by atoms with Crippen molar-refractivity contribution in [3.63, 3.8) is 0 Å². The molecule has 0 aliphatic rings. The van der Waals surface area contributed by atoms with Crippen LogP contribution < -0.4 is 14.8 Å². The quantitative estimate of drug-likeness (QED) is 0.586. The molecule has 2 amide bonds. The molecule has 152 valence electrons. The van der Waals surface area contributed by atoms with E-state index < -0.39 is 0 Å². The Morgan fingerprint density at radius 3 is 2.68 bits per heavy atom. The van der Waals surface area contributed by atoms with Crippen molar-refractivity contribution in [3.8, 4) is 11.5 Å². The Morgan fingerprint density at radius 2 is 2.04 bits per heavy atom. The van der Waals surface area contributed by atoms with Crippen LogP contribution in [0.5, 0.6) is 11.5 Å². The fraction of sp³-hybridized carbons (Fsp3) is 0.421. The Bertz CT molecular complexity index is 763. The number of benzene rings is 1. The van der Waals surface area contributed by atoms with E-state index in [4.69, 9.17) is 18.7 Å². The van der Waals surface area contributed by atoms with Crippen molar-refractivity contribution < 1.29 is 28.3 Å². The fourth-order valence-corrected chi connectivity index (χ4v) is 2.53. The van der Waals surface area contributed by atoms with Crippen LogP contribution in [0.2, 0.25) is 0 Å². The summed E-state index contributed by atoms with van der Waals surface area (Å²) in [7, 11) is 3.01. The van der Waals surface area contributed by atoms with Gasteiger partial charge in [0.2, 0.25) is 5.91 Å². The molecule has 9 heteroatoms. The van der Waals surface area contributed by atoms with Gasteiger partial charge in [0.15, 0.2) is 5.82 Å². The Labute approximate surface area is 163 Å². The molecule has 0 bridgehead atoms. The SMILES string of the molecule is CCOCCCN(CC(=O)Nc1ccon1)C(=O)c1ccc(OC)cc1OC. The predicted octanol–water partition coefficient (Wildman–Crippen LogP) is 2.20. The minimum atomic E-state index is -0.383. The molecule has 0 unspecified atom stereocenters. The van der Waals surface area contributed by atoms with Gasteiger partial charge in [-0.05, 0) is 25.5 Å². The van der Waals surface area contributed by atoms with E-state index in [1.807, 2.05) is 6.92 Å². The Balaban J connectivity index is 2.14. The van der Waals surface area contributed by atoms with Gasteiger partial charge in [-0.25, -0.2) is 0 Å². The van der Waals surface area contributed by atoms with Crippen molar-refractivity contribution in [2.24, 2.45) is 0 Å². The normalized spacial score (nSPS) is 10.4. The maximum atomic E-state index is 13.1. The highest BCUT2D eigenvalue weighted by atomic mass is 16.5. The summed E-state index contributed by atoms with van der Waals surface area (Å²) in [5.74, 6) is 0.516. The van der Waals surface area contributed by atoms with Crippen molar-refractivity contribution in [3.05, 3.63) is 36.1 Å². The van der Waals surface area contributed by atoms with Crippen molar-refractivity contribution in [2.75, 3.05) is 45.8 Å². The molecule has 9 nitrogen and oxygen atoms in total. The monoisotopic (exact) mass is 391 g/mol. The number of carbonyl (C=O) groups is 2. The van der Waals surface area contributed by atoms with E-state index in [1.54, 1.807) is 18.2 Å². The van der Waals surface area contributed by atoms with E-state index in [0.717, 1.165) is 0 Å². The number of aromatic nitrogens is 1. The number of anilines is 1.